The number of carbonyl (C=O) groups is 1. The van der Waals surface area contributed by atoms with E-state index in [1.807, 2.05) is 6.92 Å². The summed E-state index contributed by atoms with van der Waals surface area (Å²) >= 11 is 0. The number of hydrogen-bond donors (Lipinski definition) is 1. The number of aryl methyl sites for hydroxylation is 2. The molecule has 1 unspecified atom stereocenters. The summed E-state index contributed by atoms with van der Waals surface area (Å²) in [7, 11) is 0. The molecule has 0 saturated heterocycles. The van der Waals surface area contributed by atoms with E-state index in [-0.39, 0.29) is 5.91 Å². The van der Waals surface area contributed by atoms with Crippen LogP contribution in [0.2, 0.25) is 0 Å². The van der Waals surface area contributed by atoms with E-state index in [4.69, 9.17) is 0 Å². The molecule has 2 aromatic heterocycles. The monoisotopic (exact) mass is 257 g/mol. The Labute approximate surface area is 112 Å². The normalized spacial score (nSPS) is 17.7. The highest BCUT2D eigenvalue weighted by Crippen LogP contribution is 2.35. The Morgan fingerprint density at radius 3 is 3.16 bits per heavy atom. The molecule has 0 radical (unpaired) electrons. The zero-order valence-corrected chi connectivity index (χ0v) is 11.4. The first-order valence-electron chi connectivity index (χ1n) is 6.87. The van der Waals surface area contributed by atoms with Crippen molar-refractivity contribution < 1.29 is 4.79 Å². The second-order valence-corrected chi connectivity index (χ2v) is 5.36. The van der Waals surface area contributed by atoms with Crippen LogP contribution in [0.25, 0.3) is 5.65 Å². The van der Waals surface area contributed by atoms with Crippen LogP contribution < -0.4 is 5.32 Å². The molecule has 0 spiro atoms. The average Bonchev–Trinajstić information content (AvgIpc) is 2.90. The van der Waals surface area contributed by atoms with Gasteiger partial charge in [-0.15, -0.1) is 0 Å². The number of imidazole rings is 1. The van der Waals surface area contributed by atoms with Gasteiger partial charge in [-0.1, -0.05) is 6.07 Å². The number of pyridine rings is 1. The highest BCUT2D eigenvalue weighted by molar-refractivity contribution is 5.72. The molecule has 1 atom stereocenters. The van der Waals surface area contributed by atoms with Crippen LogP contribution in [-0.2, 0) is 11.2 Å². The molecule has 1 amide bonds. The molecule has 0 aromatic carbocycles. The molecule has 1 aliphatic rings. The summed E-state index contributed by atoms with van der Waals surface area (Å²) in [4.78, 5) is 15.5. The van der Waals surface area contributed by atoms with Gasteiger partial charge in [0.05, 0.1) is 5.69 Å². The van der Waals surface area contributed by atoms with Gasteiger partial charge in [0.25, 0.3) is 0 Å². The first-order chi connectivity index (χ1) is 9.15. The quantitative estimate of drug-likeness (QED) is 0.916. The van der Waals surface area contributed by atoms with Gasteiger partial charge in [0.15, 0.2) is 0 Å². The van der Waals surface area contributed by atoms with Crippen molar-refractivity contribution in [1.29, 1.82) is 0 Å². The second kappa shape index (κ2) is 4.68. The molecule has 0 aliphatic heterocycles. The highest BCUT2D eigenvalue weighted by atomic mass is 16.1. The highest BCUT2D eigenvalue weighted by Gasteiger charge is 2.25. The van der Waals surface area contributed by atoms with E-state index >= 15 is 0 Å². The fraction of sp³-hybridized carbons (Fsp3) is 0.467. The minimum Gasteiger partial charge on any atom is -0.356 e. The van der Waals surface area contributed by atoms with E-state index in [1.54, 1.807) is 6.92 Å². The van der Waals surface area contributed by atoms with Crippen molar-refractivity contribution in [2.75, 3.05) is 6.54 Å². The van der Waals surface area contributed by atoms with Crippen molar-refractivity contribution in [2.45, 2.75) is 39.0 Å². The predicted octanol–water partition coefficient (Wildman–Crippen LogP) is 2.20. The number of carbonyl (C=O) groups excluding carboxylic acids is 1. The van der Waals surface area contributed by atoms with Gasteiger partial charge >= 0.3 is 0 Å². The van der Waals surface area contributed by atoms with Gasteiger partial charge in [-0.05, 0) is 37.8 Å². The molecule has 4 nitrogen and oxygen atoms in total. The Balaban J connectivity index is 1.89. The summed E-state index contributed by atoms with van der Waals surface area (Å²) in [6, 6.07) is 4.30. The molecule has 1 aliphatic carbocycles. The Morgan fingerprint density at radius 2 is 2.37 bits per heavy atom. The van der Waals surface area contributed by atoms with Crippen LogP contribution in [-0.4, -0.2) is 21.8 Å². The van der Waals surface area contributed by atoms with E-state index in [1.165, 1.54) is 17.7 Å². The van der Waals surface area contributed by atoms with Crippen LogP contribution in [0.5, 0.6) is 0 Å². The smallest absolute Gasteiger partial charge is 0.216 e. The van der Waals surface area contributed by atoms with Gasteiger partial charge in [-0.2, -0.15) is 0 Å². The summed E-state index contributed by atoms with van der Waals surface area (Å²) in [5, 5.41) is 2.89. The number of aromatic nitrogens is 2. The van der Waals surface area contributed by atoms with Crippen LogP contribution in [0.15, 0.2) is 18.3 Å². The standard InChI is InChI=1S/C15H19N3O/c1-10-9-18-14(17-10)6-5-12-3-4-13(15(12)18)7-8-16-11(2)19/h5-6,9,13H,3-4,7-8H2,1-2H3,(H,16,19). The summed E-state index contributed by atoms with van der Waals surface area (Å²) in [5.74, 6) is 0.578. The maximum Gasteiger partial charge on any atom is 0.216 e. The van der Waals surface area contributed by atoms with Crippen LogP contribution >= 0.6 is 0 Å². The minimum atomic E-state index is 0.0508. The van der Waals surface area contributed by atoms with E-state index in [0.717, 1.165) is 30.7 Å². The van der Waals surface area contributed by atoms with Crippen molar-refractivity contribution >= 4 is 11.6 Å². The molecular weight excluding hydrogens is 238 g/mol. The molecule has 0 bridgehead atoms. The molecule has 1 N–H and O–H groups in total. The SMILES string of the molecule is CC(=O)NCCC1CCc2ccc3nc(C)cn3c21. The third-order valence-corrected chi connectivity index (χ3v) is 3.89. The third-order valence-electron chi connectivity index (χ3n) is 3.89. The Hall–Kier alpha value is -1.84. The van der Waals surface area contributed by atoms with Crippen LogP contribution in [0, 0.1) is 6.92 Å². The lowest BCUT2D eigenvalue weighted by molar-refractivity contribution is -0.118. The van der Waals surface area contributed by atoms with Gasteiger partial charge < -0.3 is 9.72 Å². The molecule has 2 heterocycles. The fourth-order valence-corrected chi connectivity index (χ4v) is 3.08. The molecule has 19 heavy (non-hydrogen) atoms. The molecule has 100 valence electrons. The van der Waals surface area contributed by atoms with Gasteiger partial charge in [0.2, 0.25) is 5.91 Å². The van der Waals surface area contributed by atoms with Gasteiger partial charge in [0, 0.05) is 31.3 Å². The van der Waals surface area contributed by atoms with Crippen molar-refractivity contribution in [1.82, 2.24) is 14.7 Å². The Bertz CT molecular complexity index is 630. The van der Waals surface area contributed by atoms with Gasteiger partial charge in [0.1, 0.15) is 5.65 Å². The van der Waals surface area contributed by atoms with Gasteiger partial charge in [-0.3, -0.25) is 4.79 Å². The zero-order chi connectivity index (χ0) is 13.4. The summed E-state index contributed by atoms with van der Waals surface area (Å²) in [6.07, 6.45) is 5.42. The van der Waals surface area contributed by atoms with Gasteiger partial charge in [-0.25, -0.2) is 4.98 Å². The van der Waals surface area contributed by atoms with E-state index < -0.39 is 0 Å². The average molecular weight is 257 g/mol. The maximum atomic E-state index is 11.0. The van der Waals surface area contributed by atoms with Crippen LogP contribution in [0.3, 0.4) is 0 Å². The number of rotatable bonds is 3. The molecule has 0 fully saturated rings. The lowest BCUT2D eigenvalue weighted by Gasteiger charge is -2.13. The van der Waals surface area contributed by atoms with E-state index in [2.05, 4.69) is 33.0 Å². The van der Waals surface area contributed by atoms with Crippen molar-refractivity contribution in [3.05, 3.63) is 35.3 Å². The largest absolute Gasteiger partial charge is 0.356 e. The van der Waals surface area contributed by atoms with Crippen molar-refractivity contribution in [2.24, 2.45) is 0 Å². The number of nitrogens with one attached hydrogen (secondary N) is 1. The maximum absolute atomic E-state index is 11.0. The lowest BCUT2D eigenvalue weighted by atomic mass is 10.0. The molecule has 2 aromatic rings. The summed E-state index contributed by atoms with van der Waals surface area (Å²) < 4.78 is 2.23. The number of hydrogen-bond acceptors (Lipinski definition) is 2. The second-order valence-electron chi connectivity index (χ2n) is 5.36. The van der Waals surface area contributed by atoms with Crippen molar-refractivity contribution in [3.8, 4) is 0 Å². The molecule has 4 heteroatoms. The van der Waals surface area contributed by atoms with Crippen molar-refractivity contribution in [3.63, 3.8) is 0 Å². The Kier molecular flexibility index (Phi) is 3.01. The zero-order valence-electron chi connectivity index (χ0n) is 11.4. The lowest BCUT2D eigenvalue weighted by Crippen LogP contribution is -2.22. The minimum absolute atomic E-state index is 0.0508. The van der Waals surface area contributed by atoms with Crippen LogP contribution in [0.1, 0.15) is 42.6 Å². The number of fused-ring (bicyclic) bond motifs is 3. The summed E-state index contributed by atoms with van der Waals surface area (Å²) in [6.45, 7) is 4.35. The Morgan fingerprint density at radius 1 is 1.53 bits per heavy atom. The fourth-order valence-electron chi connectivity index (χ4n) is 3.08. The van der Waals surface area contributed by atoms with E-state index in [9.17, 15) is 4.79 Å². The first kappa shape index (κ1) is 12.2. The third kappa shape index (κ3) is 2.23. The number of nitrogens with zero attached hydrogens (tertiary/aromatic N) is 2. The van der Waals surface area contributed by atoms with Crippen LogP contribution in [0.4, 0.5) is 0 Å². The molecule has 0 saturated carbocycles. The molecular formula is C15H19N3O. The molecule has 3 rings (SSSR count). The predicted molar refractivity (Wildman–Crippen MR) is 74.3 cm³/mol. The first-order valence-corrected chi connectivity index (χ1v) is 6.87. The number of amides is 1. The topological polar surface area (TPSA) is 46.4 Å². The summed E-state index contributed by atoms with van der Waals surface area (Å²) in [5.41, 5.74) is 4.91. The van der Waals surface area contributed by atoms with E-state index in [0.29, 0.717) is 5.92 Å².